The van der Waals surface area contributed by atoms with Crippen LogP contribution in [-0.4, -0.2) is 17.6 Å². The number of carbonyl (C=O) groups is 1. The van der Waals surface area contributed by atoms with Crippen LogP contribution < -0.4 is 4.90 Å². The summed E-state index contributed by atoms with van der Waals surface area (Å²) in [5.74, 6) is -1.03. The number of rotatable bonds is 5. The Hall–Kier alpha value is -2.51. The van der Waals surface area contributed by atoms with Gasteiger partial charge in [-0.3, -0.25) is 0 Å². The van der Waals surface area contributed by atoms with Crippen LogP contribution in [0.2, 0.25) is 5.02 Å². The van der Waals surface area contributed by atoms with E-state index in [2.05, 4.69) is 6.07 Å². The van der Waals surface area contributed by atoms with Gasteiger partial charge in [0, 0.05) is 17.3 Å². The molecule has 2 aromatic rings. The zero-order chi connectivity index (χ0) is 15.2. The normalized spacial score (nSPS) is 9.90. The number of nitriles is 1. The third kappa shape index (κ3) is 3.53. The molecule has 0 radical (unpaired) electrons. The van der Waals surface area contributed by atoms with Crippen LogP contribution in [0.15, 0.2) is 48.5 Å². The number of benzene rings is 2. The quantitative estimate of drug-likeness (QED) is 0.903. The predicted molar refractivity (Wildman–Crippen MR) is 82.1 cm³/mol. The number of hydrogen-bond donors (Lipinski definition) is 1. The highest BCUT2D eigenvalue weighted by Crippen LogP contribution is 2.31. The maximum atomic E-state index is 11.4. The minimum Gasteiger partial charge on any atom is -0.478 e. The van der Waals surface area contributed by atoms with Crippen LogP contribution in [0.25, 0.3) is 0 Å². The van der Waals surface area contributed by atoms with Crippen LogP contribution in [0.4, 0.5) is 11.4 Å². The van der Waals surface area contributed by atoms with E-state index in [-0.39, 0.29) is 12.0 Å². The first-order valence-corrected chi connectivity index (χ1v) is 6.73. The molecular formula is C16H13ClN2O2. The second-order valence-corrected chi connectivity index (χ2v) is 4.80. The first-order chi connectivity index (χ1) is 10.1. The monoisotopic (exact) mass is 300 g/mol. The lowest BCUT2D eigenvalue weighted by Gasteiger charge is -2.25. The van der Waals surface area contributed by atoms with Crippen LogP contribution in [0.1, 0.15) is 16.8 Å². The van der Waals surface area contributed by atoms with Crippen molar-refractivity contribution in [3.05, 3.63) is 59.1 Å². The molecule has 0 aromatic heterocycles. The fourth-order valence-corrected chi connectivity index (χ4v) is 2.23. The SMILES string of the molecule is N#CCCN(c1ccccc1)c1cc(Cl)ccc1C(=O)O. The molecule has 5 heteroatoms. The first kappa shape index (κ1) is 14.9. The van der Waals surface area contributed by atoms with Gasteiger partial charge in [0.25, 0.3) is 0 Å². The van der Waals surface area contributed by atoms with Gasteiger partial charge >= 0.3 is 5.97 Å². The standard InChI is InChI=1S/C16H13ClN2O2/c17-12-7-8-14(16(20)21)15(11-12)19(10-4-9-18)13-5-2-1-3-6-13/h1-3,5-8,11H,4,10H2,(H,20,21). The number of hydrogen-bond acceptors (Lipinski definition) is 3. The van der Waals surface area contributed by atoms with Gasteiger partial charge in [-0.2, -0.15) is 5.26 Å². The smallest absolute Gasteiger partial charge is 0.337 e. The van der Waals surface area contributed by atoms with Gasteiger partial charge in [0.2, 0.25) is 0 Å². The molecule has 0 fully saturated rings. The molecule has 0 saturated heterocycles. The molecule has 106 valence electrons. The van der Waals surface area contributed by atoms with E-state index in [1.807, 2.05) is 30.3 Å². The van der Waals surface area contributed by atoms with E-state index in [1.165, 1.54) is 6.07 Å². The number of halogens is 1. The van der Waals surface area contributed by atoms with Crippen LogP contribution in [0, 0.1) is 11.3 Å². The Balaban J connectivity index is 2.53. The number of carboxylic acids is 1. The fraction of sp³-hybridized carbons (Fsp3) is 0.125. The van der Waals surface area contributed by atoms with Crippen molar-refractivity contribution in [1.29, 1.82) is 5.26 Å². The molecule has 1 N–H and O–H groups in total. The van der Waals surface area contributed by atoms with Gasteiger partial charge in [0.15, 0.2) is 0 Å². The molecule has 4 nitrogen and oxygen atoms in total. The Bertz CT molecular complexity index is 680. The van der Waals surface area contributed by atoms with Gasteiger partial charge in [-0.15, -0.1) is 0 Å². The number of para-hydroxylation sites is 1. The highest BCUT2D eigenvalue weighted by Gasteiger charge is 2.17. The molecule has 2 aromatic carbocycles. The Morgan fingerprint density at radius 2 is 1.95 bits per heavy atom. The van der Waals surface area contributed by atoms with Crippen molar-refractivity contribution >= 4 is 28.9 Å². The maximum absolute atomic E-state index is 11.4. The van der Waals surface area contributed by atoms with Crippen molar-refractivity contribution < 1.29 is 9.90 Å². The van der Waals surface area contributed by atoms with Gasteiger partial charge in [0.1, 0.15) is 0 Å². The van der Waals surface area contributed by atoms with E-state index in [0.29, 0.717) is 17.3 Å². The van der Waals surface area contributed by atoms with Crippen molar-refractivity contribution in [3.8, 4) is 6.07 Å². The van der Waals surface area contributed by atoms with E-state index >= 15 is 0 Å². The molecule has 0 unspecified atom stereocenters. The summed E-state index contributed by atoms with van der Waals surface area (Å²) in [5.41, 5.74) is 1.45. The summed E-state index contributed by atoms with van der Waals surface area (Å²) in [4.78, 5) is 13.2. The van der Waals surface area contributed by atoms with Crippen molar-refractivity contribution in [2.75, 3.05) is 11.4 Å². The molecule has 0 aliphatic carbocycles. The van der Waals surface area contributed by atoms with E-state index in [1.54, 1.807) is 17.0 Å². The van der Waals surface area contributed by atoms with Crippen molar-refractivity contribution in [2.45, 2.75) is 6.42 Å². The van der Waals surface area contributed by atoms with E-state index in [9.17, 15) is 9.90 Å². The first-order valence-electron chi connectivity index (χ1n) is 6.36. The van der Waals surface area contributed by atoms with Crippen molar-refractivity contribution in [1.82, 2.24) is 0 Å². The van der Waals surface area contributed by atoms with Crippen LogP contribution in [0.5, 0.6) is 0 Å². The minimum atomic E-state index is -1.03. The molecule has 0 heterocycles. The Morgan fingerprint density at radius 3 is 2.57 bits per heavy atom. The molecular weight excluding hydrogens is 288 g/mol. The number of anilines is 2. The van der Waals surface area contributed by atoms with Crippen molar-refractivity contribution in [3.63, 3.8) is 0 Å². The highest BCUT2D eigenvalue weighted by atomic mass is 35.5. The second kappa shape index (κ2) is 6.78. The number of aromatic carboxylic acids is 1. The minimum absolute atomic E-state index is 0.154. The second-order valence-electron chi connectivity index (χ2n) is 4.36. The summed E-state index contributed by atoms with van der Waals surface area (Å²) in [5, 5.41) is 18.6. The summed E-state index contributed by atoms with van der Waals surface area (Å²) >= 11 is 6.00. The third-order valence-electron chi connectivity index (χ3n) is 3.00. The van der Waals surface area contributed by atoms with E-state index < -0.39 is 5.97 Å². The average molecular weight is 301 g/mol. The molecule has 0 aliphatic rings. The molecule has 0 atom stereocenters. The summed E-state index contributed by atoms with van der Waals surface area (Å²) in [6.45, 7) is 0.390. The predicted octanol–water partition coefficient (Wildman–Crippen LogP) is 4.09. The Kier molecular flexibility index (Phi) is 4.81. The largest absolute Gasteiger partial charge is 0.478 e. The highest BCUT2D eigenvalue weighted by molar-refractivity contribution is 6.31. The molecule has 0 bridgehead atoms. The summed E-state index contributed by atoms with van der Waals surface area (Å²) in [7, 11) is 0. The summed E-state index contributed by atoms with van der Waals surface area (Å²) in [6.07, 6.45) is 0.278. The van der Waals surface area contributed by atoms with Crippen molar-refractivity contribution in [2.24, 2.45) is 0 Å². The molecule has 2 rings (SSSR count). The van der Waals surface area contributed by atoms with Gasteiger partial charge in [-0.25, -0.2) is 4.79 Å². The topological polar surface area (TPSA) is 64.3 Å². The molecule has 0 saturated carbocycles. The third-order valence-corrected chi connectivity index (χ3v) is 3.23. The van der Waals surface area contributed by atoms with Gasteiger partial charge in [0.05, 0.1) is 23.7 Å². The van der Waals surface area contributed by atoms with E-state index in [4.69, 9.17) is 16.9 Å². The van der Waals surface area contributed by atoms with E-state index in [0.717, 1.165) is 5.69 Å². The molecule has 21 heavy (non-hydrogen) atoms. The fourth-order valence-electron chi connectivity index (χ4n) is 2.07. The van der Waals surface area contributed by atoms with Gasteiger partial charge < -0.3 is 10.0 Å². The maximum Gasteiger partial charge on any atom is 0.337 e. The van der Waals surface area contributed by atoms with Crippen LogP contribution in [0.3, 0.4) is 0 Å². The zero-order valence-corrected chi connectivity index (χ0v) is 11.9. The molecule has 0 aliphatic heterocycles. The molecule has 0 amide bonds. The summed E-state index contributed by atoms with van der Waals surface area (Å²) in [6, 6.07) is 16.0. The van der Waals surface area contributed by atoms with Crippen LogP contribution >= 0.6 is 11.6 Å². The Morgan fingerprint density at radius 1 is 1.24 bits per heavy atom. The van der Waals surface area contributed by atoms with Crippen LogP contribution in [-0.2, 0) is 0 Å². The lowest BCUT2D eigenvalue weighted by atomic mass is 10.1. The lowest BCUT2D eigenvalue weighted by molar-refractivity contribution is 0.0697. The lowest BCUT2D eigenvalue weighted by Crippen LogP contribution is -2.20. The Labute approximate surface area is 127 Å². The summed E-state index contributed by atoms with van der Waals surface area (Å²) < 4.78 is 0. The zero-order valence-electron chi connectivity index (χ0n) is 11.2. The molecule has 0 spiro atoms. The van der Waals surface area contributed by atoms with Gasteiger partial charge in [-0.05, 0) is 30.3 Å². The van der Waals surface area contributed by atoms with Gasteiger partial charge in [-0.1, -0.05) is 29.8 Å². The number of nitrogens with zero attached hydrogens (tertiary/aromatic N) is 2. The average Bonchev–Trinajstić information content (AvgIpc) is 2.48. The number of carboxylic acid groups (broad SMARTS) is 1.